The lowest BCUT2D eigenvalue weighted by molar-refractivity contribution is 0.520. The Morgan fingerprint density at radius 1 is 1.50 bits per heavy atom. The summed E-state index contributed by atoms with van der Waals surface area (Å²) in [4.78, 5) is 0. The van der Waals surface area contributed by atoms with Crippen LogP contribution >= 0.6 is 0 Å². The molecule has 0 saturated heterocycles. The van der Waals surface area contributed by atoms with Crippen molar-refractivity contribution in [1.82, 2.24) is 5.32 Å². The van der Waals surface area contributed by atoms with Crippen molar-refractivity contribution < 1.29 is 4.39 Å². The zero-order valence-corrected chi connectivity index (χ0v) is 9.89. The fraction of sp³-hybridized carbons (Fsp3) is 0.429. The number of hydrogen-bond acceptors (Lipinski definition) is 1. The molecule has 0 saturated carbocycles. The van der Waals surface area contributed by atoms with Gasteiger partial charge in [-0.25, -0.2) is 4.39 Å². The summed E-state index contributed by atoms with van der Waals surface area (Å²) < 4.78 is 13.1. The summed E-state index contributed by atoms with van der Waals surface area (Å²) in [5.41, 5.74) is 1.79. The fourth-order valence-electron chi connectivity index (χ4n) is 1.75. The van der Waals surface area contributed by atoms with Crippen molar-refractivity contribution in [2.75, 3.05) is 6.54 Å². The third kappa shape index (κ3) is 3.36. The van der Waals surface area contributed by atoms with E-state index in [0.29, 0.717) is 5.56 Å². The molecule has 0 spiro atoms. The standard InChI is InChI=1S/C14H18FN/c1-4-6-7-14(16-5-2)12-8-9-13(15)11(3)10-12/h1,8-10,14,16H,5-7H2,2-3H3. The lowest BCUT2D eigenvalue weighted by Crippen LogP contribution is -2.20. The first kappa shape index (κ1) is 12.7. The Labute approximate surface area is 97.1 Å². The van der Waals surface area contributed by atoms with Gasteiger partial charge in [-0.15, -0.1) is 12.3 Å². The van der Waals surface area contributed by atoms with E-state index in [0.717, 1.165) is 24.9 Å². The number of nitrogens with one attached hydrogen (secondary N) is 1. The molecule has 0 aliphatic rings. The topological polar surface area (TPSA) is 12.0 Å². The van der Waals surface area contributed by atoms with Crippen LogP contribution in [0.25, 0.3) is 0 Å². The number of benzene rings is 1. The average Bonchev–Trinajstić information content (AvgIpc) is 2.28. The van der Waals surface area contributed by atoms with E-state index in [-0.39, 0.29) is 11.9 Å². The Morgan fingerprint density at radius 3 is 2.81 bits per heavy atom. The monoisotopic (exact) mass is 219 g/mol. The molecule has 0 aliphatic heterocycles. The summed E-state index contributed by atoms with van der Waals surface area (Å²) in [6, 6.07) is 5.45. The molecule has 0 heterocycles. The second kappa shape index (κ2) is 6.30. The highest BCUT2D eigenvalue weighted by Gasteiger charge is 2.10. The van der Waals surface area contributed by atoms with E-state index in [1.807, 2.05) is 12.1 Å². The Balaban J connectivity index is 2.83. The van der Waals surface area contributed by atoms with E-state index in [9.17, 15) is 4.39 Å². The molecule has 1 N–H and O–H groups in total. The maximum absolute atomic E-state index is 13.1. The molecule has 0 aliphatic carbocycles. The van der Waals surface area contributed by atoms with Crippen molar-refractivity contribution in [3.8, 4) is 12.3 Å². The molecule has 0 radical (unpaired) electrons. The molecule has 2 heteroatoms. The van der Waals surface area contributed by atoms with Crippen LogP contribution in [0.3, 0.4) is 0 Å². The molecule has 1 aromatic rings. The maximum atomic E-state index is 13.1. The van der Waals surface area contributed by atoms with Gasteiger partial charge in [0.1, 0.15) is 5.82 Å². The van der Waals surface area contributed by atoms with Crippen LogP contribution in [0, 0.1) is 25.1 Å². The minimum atomic E-state index is -0.157. The number of rotatable bonds is 5. The predicted molar refractivity (Wildman–Crippen MR) is 65.6 cm³/mol. The van der Waals surface area contributed by atoms with Crippen molar-refractivity contribution in [2.45, 2.75) is 32.7 Å². The summed E-state index contributed by atoms with van der Waals surface area (Å²) in [6.45, 7) is 4.72. The summed E-state index contributed by atoms with van der Waals surface area (Å²) in [6.07, 6.45) is 6.88. The largest absolute Gasteiger partial charge is 0.310 e. The van der Waals surface area contributed by atoms with Gasteiger partial charge in [-0.1, -0.05) is 19.1 Å². The van der Waals surface area contributed by atoms with E-state index in [2.05, 4.69) is 18.2 Å². The maximum Gasteiger partial charge on any atom is 0.126 e. The van der Waals surface area contributed by atoms with Gasteiger partial charge in [0.15, 0.2) is 0 Å². The second-order valence-electron chi connectivity index (χ2n) is 3.86. The van der Waals surface area contributed by atoms with Crippen LogP contribution in [0.5, 0.6) is 0 Å². The fourth-order valence-corrected chi connectivity index (χ4v) is 1.75. The number of halogens is 1. The summed E-state index contributed by atoms with van der Waals surface area (Å²) in [5, 5.41) is 3.36. The van der Waals surface area contributed by atoms with Gasteiger partial charge in [-0.05, 0) is 37.1 Å². The minimum absolute atomic E-state index is 0.157. The Bertz CT molecular complexity index is 379. The van der Waals surface area contributed by atoms with E-state index < -0.39 is 0 Å². The highest BCUT2D eigenvalue weighted by molar-refractivity contribution is 5.26. The van der Waals surface area contributed by atoms with Crippen molar-refractivity contribution in [1.29, 1.82) is 0 Å². The summed E-state index contributed by atoms with van der Waals surface area (Å²) in [5.74, 6) is 2.48. The van der Waals surface area contributed by atoms with Gasteiger partial charge in [0, 0.05) is 12.5 Å². The molecule has 1 atom stereocenters. The van der Waals surface area contributed by atoms with E-state index >= 15 is 0 Å². The first-order chi connectivity index (χ1) is 7.69. The quantitative estimate of drug-likeness (QED) is 0.750. The highest BCUT2D eigenvalue weighted by atomic mass is 19.1. The van der Waals surface area contributed by atoms with Gasteiger partial charge in [-0.3, -0.25) is 0 Å². The molecule has 0 bridgehead atoms. The third-order valence-corrected chi connectivity index (χ3v) is 2.61. The number of terminal acetylenes is 1. The zero-order valence-electron chi connectivity index (χ0n) is 9.89. The van der Waals surface area contributed by atoms with Gasteiger partial charge in [-0.2, -0.15) is 0 Å². The van der Waals surface area contributed by atoms with E-state index in [1.54, 1.807) is 6.92 Å². The molecule has 0 fully saturated rings. The number of hydrogen-bond donors (Lipinski definition) is 1. The van der Waals surface area contributed by atoms with Crippen LogP contribution < -0.4 is 5.32 Å². The molecule has 0 aromatic heterocycles. The molecule has 1 unspecified atom stereocenters. The van der Waals surface area contributed by atoms with Crippen LogP contribution in [0.4, 0.5) is 4.39 Å². The molecule has 86 valence electrons. The van der Waals surface area contributed by atoms with Crippen molar-refractivity contribution in [3.63, 3.8) is 0 Å². The van der Waals surface area contributed by atoms with Crippen LogP contribution in [0.1, 0.15) is 36.9 Å². The molecular weight excluding hydrogens is 201 g/mol. The van der Waals surface area contributed by atoms with Gasteiger partial charge in [0.05, 0.1) is 0 Å². The predicted octanol–water partition coefficient (Wildman–Crippen LogP) is 3.20. The molecule has 16 heavy (non-hydrogen) atoms. The molecule has 1 aromatic carbocycles. The minimum Gasteiger partial charge on any atom is -0.310 e. The molecular formula is C14H18FN. The van der Waals surface area contributed by atoms with Crippen LogP contribution in [-0.2, 0) is 0 Å². The normalized spacial score (nSPS) is 12.1. The van der Waals surface area contributed by atoms with E-state index in [1.165, 1.54) is 6.07 Å². The summed E-state index contributed by atoms with van der Waals surface area (Å²) >= 11 is 0. The smallest absolute Gasteiger partial charge is 0.126 e. The zero-order chi connectivity index (χ0) is 12.0. The Hall–Kier alpha value is -1.33. The van der Waals surface area contributed by atoms with Gasteiger partial charge >= 0.3 is 0 Å². The van der Waals surface area contributed by atoms with Crippen molar-refractivity contribution >= 4 is 0 Å². The first-order valence-electron chi connectivity index (χ1n) is 5.62. The third-order valence-electron chi connectivity index (χ3n) is 2.61. The SMILES string of the molecule is C#CCCC(NCC)c1ccc(F)c(C)c1. The van der Waals surface area contributed by atoms with Gasteiger partial charge in [0.2, 0.25) is 0 Å². The van der Waals surface area contributed by atoms with Crippen molar-refractivity contribution in [2.24, 2.45) is 0 Å². The summed E-state index contributed by atoms with van der Waals surface area (Å²) in [7, 11) is 0. The molecule has 1 rings (SSSR count). The molecule has 0 amide bonds. The van der Waals surface area contributed by atoms with Crippen LogP contribution in [-0.4, -0.2) is 6.54 Å². The first-order valence-corrected chi connectivity index (χ1v) is 5.62. The van der Waals surface area contributed by atoms with Crippen molar-refractivity contribution in [3.05, 3.63) is 35.1 Å². The Kier molecular flexibility index (Phi) is 5.01. The van der Waals surface area contributed by atoms with Crippen LogP contribution in [0.15, 0.2) is 18.2 Å². The Morgan fingerprint density at radius 2 is 2.25 bits per heavy atom. The van der Waals surface area contributed by atoms with Gasteiger partial charge < -0.3 is 5.32 Å². The van der Waals surface area contributed by atoms with Crippen LogP contribution in [0.2, 0.25) is 0 Å². The van der Waals surface area contributed by atoms with Gasteiger partial charge in [0.25, 0.3) is 0 Å². The average molecular weight is 219 g/mol. The lowest BCUT2D eigenvalue weighted by Gasteiger charge is -2.17. The molecule has 1 nitrogen and oxygen atoms in total. The lowest BCUT2D eigenvalue weighted by atomic mass is 10.00. The highest BCUT2D eigenvalue weighted by Crippen LogP contribution is 2.20. The number of aryl methyl sites for hydroxylation is 1. The van der Waals surface area contributed by atoms with E-state index in [4.69, 9.17) is 6.42 Å². The second-order valence-corrected chi connectivity index (χ2v) is 3.86.